The number of rotatable bonds is 0. The Morgan fingerprint density at radius 1 is 0.957 bits per heavy atom. The van der Waals surface area contributed by atoms with Gasteiger partial charge in [0.2, 0.25) is 0 Å². The Balaban J connectivity index is 1.76. The summed E-state index contributed by atoms with van der Waals surface area (Å²) in [6.45, 7) is 4.31. The first-order valence-corrected chi connectivity index (χ1v) is 9.22. The highest BCUT2D eigenvalue weighted by atomic mass is 16.3. The van der Waals surface area contributed by atoms with Crippen LogP contribution in [0.1, 0.15) is 52.4 Å². The van der Waals surface area contributed by atoms with Crippen molar-refractivity contribution >= 4 is 0 Å². The van der Waals surface area contributed by atoms with E-state index in [9.17, 15) is 20.4 Å². The van der Waals surface area contributed by atoms with Crippen LogP contribution in [0.25, 0.3) is 0 Å². The molecule has 0 aromatic heterocycles. The van der Waals surface area contributed by atoms with E-state index in [1.54, 1.807) is 0 Å². The quantitative estimate of drug-likeness (QED) is 0.511. The molecule has 0 aromatic carbocycles. The van der Waals surface area contributed by atoms with E-state index >= 15 is 0 Å². The molecule has 0 saturated heterocycles. The fourth-order valence-electron chi connectivity index (χ4n) is 6.67. The standard InChI is InChI=1S/C19H30O4/c1-18-6-5-13-17(12(18)3-4-15(18)22)14(21)8-10-7-11(20)9-16(23)19(10,13)2/h8,11-17,20-23H,3-7,9H2,1-2H3/t11-,12+,13+,14+,15+,16+,17+,18+,19+/m1/s1. The average molecular weight is 322 g/mol. The van der Waals surface area contributed by atoms with Gasteiger partial charge in [0.15, 0.2) is 0 Å². The van der Waals surface area contributed by atoms with Crippen LogP contribution in [0.4, 0.5) is 0 Å². The van der Waals surface area contributed by atoms with Crippen molar-refractivity contribution in [1.29, 1.82) is 0 Å². The van der Waals surface area contributed by atoms with Gasteiger partial charge in [0.1, 0.15) is 0 Å². The van der Waals surface area contributed by atoms with Crippen molar-refractivity contribution < 1.29 is 20.4 Å². The molecule has 4 rings (SSSR count). The molecule has 23 heavy (non-hydrogen) atoms. The van der Waals surface area contributed by atoms with Gasteiger partial charge < -0.3 is 20.4 Å². The Bertz CT molecular complexity index is 531. The van der Waals surface area contributed by atoms with Gasteiger partial charge in [0.05, 0.1) is 24.4 Å². The first-order valence-electron chi connectivity index (χ1n) is 9.22. The molecule has 0 bridgehead atoms. The van der Waals surface area contributed by atoms with Crippen molar-refractivity contribution in [2.45, 2.75) is 76.8 Å². The van der Waals surface area contributed by atoms with Crippen LogP contribution in [0.5, 0.6) is 0 Å². The predicted octanol–water partition coefficient (Wildman–Crippen LogP) is 1.61. The van der Waals surface area contributed by atoms with Crippen LogP contribution in [0.3, 0.4) is 0 Å². The zero-order valence-electron chi connectivity index (χ0n) is 14.2. The Morgan fingerprint density at radius 2 is 1.70 bits per heavy atom. The fraction of sp³-hybridized carbons (Fsp3) is 0.895. The van der Waals surface area contributed by atoms with Crippen molar-refractivity contribution in [1.82, 2.24) is 0 Å². The maximum absolute atomic E-state index is 10.9. The minimum atomic E-state index is -0.548. The summed E-state index contributed by atoms with van der Waals surface area (Å²) in [6, 6.07) is 0. The van der Waals surface area contributed by atoms with Crippen LogP contribution < -0.4 is 0 Å². The van der Waals surface area contributed by atoms with Gasteiger partial charge in [-0.1, -0.05) is 25.5 Å². The number of hydrogen-bond donors (Lipinski definition) is 4. The molecule has 3 saturated carbocycles. The summed E-state index contributed by atoms with van der Waals surface area (Å²) in [5, 5.41) is 42.1. The molecule has 130 valence electrons. The van der Waals surface area contributed by atoms with Crippen molar-refractivity contribution in [3.63, 3.8) is 0 Å². The highest BCUT2D eigenvalue weighted by Crippen LogP contribution is 2.64. The van der Waals surface area contributed by atoms with Gasteiger partial charge in [-0.05, 0) is 55.3 Å². The molecule has 4 nitrogen and oxygen atoms in total. The number of aliphatic hydroxyl groups excluding tert-OH is 4. The van der Waals surface area contributed by atoms with Crippen LogP contribution in [-0.4, -0.2) is 44.8 Å². The summed E-state index contributed by atoms with van der Waals surface area (Å²) >= 11 is 0. The first-order chi connectivity index (χ1) is 10.8. The molecule has 0 unspecified atom stereocenters. The van der Waals surface area contributed by atoms with Crippen LogP contribution in [0.2, 0.25) is 0 Å². The predicted molar refractivity (Wildman–Crippen MR) is 86.5 cm³/mol. The molecular weight excluding hydrogens is 292 g/mol. The van der Waals surface area contributed by atoms with E-state index in [0.29, 0.717) is 18.8 Å². The van der Waals surface area contributed by atoms with Crippen LogP contribution in [-0.2, 0) is 0 Å². The first kappa shape index (κ1) is 16.1. The van der Waals surface area contributed by atoms with Gasteiger partial charge in [-0.3, -0.25) is 0 Å². The van der Waals surface area contributed by atoms with Crippen LogP contribution in [0.15, 0.2) is 11.6 Å². The fourth-order valence-corrected chi connectivity index (χ4v) is 6.67. The van der Waals surface area contributed by atoms with E-state index in [0.717, 1.165) is 31.3 Å². The molecule has 0 aliphatic heterocycles. The monoisotopic (exact) mass is 322 g/mol. The summed E-state index contributed by atoms with van der Waals surface area (Å²) in [5.74, 6) is 0.674. The maximum atomic E-state index is 10.9. The molecular formula is C19H30O4. The molecule has 0 amide bonds. The highest BCUT2D eigenvalue weighted by Gasteiger charge is 2.62. The molecule has 4 heteroatoms. The minimum absolute atomic E-state index is 0.0943. The maximum Gasteiger partial charge on any atom is 0.0757 e. The lowest BCUT2D eigenvalue weighted by molar-refractivity contribution is -0.137. The van der Waals surface area contributed by atoms with Crippen molar-refractivity contribution in [3.8, 4) is 0 Å². The van der Waals surface area contributed by atoms with E-state index in [-0.39, 0.29) is 28.8 Å². The lowest BCUT2D eigenvalue weighted by atomic mass is 9.46. The summed E-state index contributed by atoms with van der Waals surface area (Å²) < 4.78 is 0. The Kier molecular flexibility index (Phi) is 3.52. The Labute approximate surface area is 138 Å². The smallest absolute Gasteiger partial charge is 0.0757 e. The molecule has 4 aliphatic carbocycles. The number of hydrogen-bond acceptors (Lipinski definition) is 4. The second kappa shape index (κ2) is 5.04. The normalized spacial score (nSPS) is 58.9. The summed E-state index contributed by atoms with van der Waals surface area (Å²) in [4.78, 5) is 0. The zero-order valence-corrected chi connectivity index (χ0v) is 14.2. The minimum Gasteiger partial charge on any atom is -0.393 e. The van der Waals surface area contributed by atoms with E-state index < -0.39 is 18.3 Å². The molecule has 4 aliphatic rings. The second-order valence-corrected chi connectivity index (χ2v) is 9.00. The third kappa shape index (κ3) is 1.98. The number of aliphatic hydroxyl groups is 4. The summed E-state index contributed by atoms with van der Waals surface area (Å²) in [5.41, 5.74) is 0.612. The van der Waals surface area contributed by atoms with Gasteiger partial charge in [0.25, 0.3) is 0 Å². The lowest BCUT2D eigenvalue weighted by Crippen LogP contribution is -2.59. The lowest BCUT2D eigenvalue weighted by Gasteiger charge is -2.59. The van der Waals surface area contributed by atoms with Gasteiger partial charge >= 0.3 is 0 Å². The molecule has 4 N–H and O–H groups in total. The Morgan fingerprint density at radius 3 is 2.43 bits per heavy atom. The molecule has 0 spiro atoms. The SMILES string of the molecule is C[C@]12CC[C@H]3[C@@H]([C@@H](O)C=C4C[C@@H](O)C[C@H](O)[C@@]43C)[C@@H]1CC[C@@H]2O. The molecule has 0 aromatic rings. The van der Waals surface area contributed by atoms with Crippen molar-refractivity contribution in [2.75, 3.05) is 0 Å². The molecule has 0 heterocycles. The second-order valence-electron chi connectivity index (χ2n) is 9.00. The zero-order chi connectivity index (χ0) is 16.6. The van der Waals surface area contributed by atoms with Gasteiger partial charge in [-0.15, -0.1) is 0 Å². The van der Waals surface area contributed by atoms with Crippen molar-refractivity contribution in [2.24, 2.45) is 28.6 Å². The third-order valence-corrected chi connectivity index (χ3v) is 8.15. The third-order valence-electron chi connectivity index (χ3n) is 8.15. The van der Waals surface area contributed by atoms with Gasteiger partial charge in [-0.2, -0.15) is 0 Å². The van der Waals surface area contributed by atoms with Gasteiger partial charge in [-0.25, -0.2) is 0 Å². The topological polar surface area (TPSA) is 80.9 Å². The summed E-state index contributed by atoms with van der Waals surface area (Å²) in [6.07, 6.45) is 4.77. The molecule has 3 fully saturated rings. The number of fused-ring (bicyclic) bond motifs is 5. The molecule has 9 atom stereocenters. The largest absolute Gasteiger partial charge is 0.393 e. The van der Waals surface area contributed by atoms with E-state index in [1.807, 2.05) is 6.08 Å². The van der Waals surface area contributed by atoms with E-state index in [1.165, 1.54) is 0 Å². The van der Waals surface area contributed by atoms with Crippen LogP contribution >= 0.6 is 0 Å². The average Bonchev–Trinajstić information content (AvgIpc) is 2.78. The van der Waals surface area contributed by atoms with Gasteiger partial charge in [0, 0.05) is 11.8 Å². The van der Waals surface area contributed by atoms with Crippen LogP contribution in [0, 0.1) is 28.6 Å². The Hall–Kier alpha value is -0.420. The van der Waals surface area contributed by atoms with E-state index in [4.69, 9.17) is 0 Å². The molecule has 0 radical (unpaired) electrons. The summed E-state index contributed by atoms with van der Waals surface area (Å²) in [7, 11) is 0. The van der Waals surface area contributed by atoms with E-state index in [2.05, 4.69) is 13.8 Å². The van der Waals surface area contributed by atoms with Crippen molar-refractivity contribution in [3.05, 3.63) is 11.6 Å². The highest BCUT2D eigenvalue weighted by molar-refractivity contribution is 5.29.